The number of benzene rings is 2. The van der Waals surface area contributed by atoms with Crippen LogP contribution in [0.5, 0.6) is 11.5 Å². The van der Waals surface area contributed by atoms with Crippen LogP contribution in [0, 0.1) is 5.82 Å². The summed E-state index contributed by atoms with van der Waals surface area (Å²) in [6.07, 6.45) is 0.119. The lowest BCUT2D eigenvalue weighted by Gasteiger charge is -2.08. The first-order valence-corrected chi connectivity index (χ1v) is 10.0. The normalized spacial score (nSPS) is 11.8. The van der Waals surface area contributed by atoms with Gasteiger partial charge in [0, 0.05) is 13.2 Å². The van der Waals surface area contributed by atoms with Gasteiger partial charge in [0.25, 0.3) is 5.91 Å². The van der Waals surface area contributed by atoms with Crippen molar-refractivity contribution in [1.82, 2.24) is 4.57 Å². The fraction of sp³-hybridized carbons (Fsp3) is 0.333. The molecule has 0 aliphatic carbocycles. The van der Waals surface area contributed by atoms with Crippen molar-refractivity contribution in [3.05, 3.63) is 52.6 Å². The lowest BCUT2D eigenvalue weighted by molar-refractivity contribution is -0.117. The molecule has 0 aliphatic heterocycles. The van der Waals surface area contributed by atoms with Crippen LogP contribution in [0.3, 0.4) is 0 Å². The van der Waals surface area contributed by atoms with Crippen LogP contribution < -0.4 is 14.3 Å². The molecule has 0 N–H and O–H groups in total. The number of rotatable bonds is 8. The van der Waals surface area contributed by atoms with Gasteiger partial charge in [-0.3, -0.25) is 4.79 Å². The highest BCUT2D eigenvalue weighted by molar-refractivity contribution is 7.16. The number of ether oxygens (including phenoxy) is 3. The summed E-state index contributed by atoms with van der Waals surface area (Å²) in [4.78, 5) is 17.4. The van der Waals surface area contributed by atoms with Gasteiger partial charge in [-0.15, -0.1) is 0 Å². The summed E-state index contributed by atoms with van der Waals surface area (Å²) in [5, 5.41) is 0. The molecule has 8 heteroatoms. The molecular weight excluding hydrogens is 395 g/mol. The number of fused-ring (bicyclic) bond motifs is 1. The highest BCUT2D eigenvalue weighted by Crippen LogP contribution is 2.27. The monoisotopic (exact) mass is 418 g/mol. The molecule has 6 nitrogen and oxygen atoms in total. The fourth-order valence-electron chi connectivity index (χ4n) is 2.96. The average molecular weight is 418 g/mol. The van der Waals surface area contributed by atoms with Crippen molar-refractivity contribution in [3.63, 3.8) is 0 Å². The van der Waals surface area contributed by atoms with Gasteiger partial charge < -0.3 is 18.8 Å². The molecule has 0 saturated heterocycles. The number of hydrogen-bond donors (Lipinski definition) is 0. The highest BCUT2D eigenvalue weighted by Gasteiger charge is 2.11. The molecule has 29 heavy (non-hydrogen) atoms. The summed E-state index contributed by atoms with van der Waals surface area (Å²) in [6, 6.07) is 9.88. The minimum atomic E-state index is -0.320. The van der Waals surface area contributed by atoms with Gasteiger partial charge in [-0.05, 0) is 42.8 Å². The van der Waals surface area contributed by atoms with E-state index in [1.807, 2.05) is 11.5 Å². The number of methoxy groups -OCH3 is 2. The largest absolute Gasteiger partial charge is 0.493 e. The van der Waals surface area contributed by atoms with Gasteiger partial charge >= 0.3 is 0 Å². The van der Waals surface area contributed by atoms with E-state index in [4.69, 9.17) is 14.2 Å². The molecule has 0 atom stereocenters. The van der Waals surface area contributed by atoms with E-state index in [1.54, 1.807) is 38.5 Å². The zero-order valence-corrected chi connectivity index (χ0v) is 17.4. The highest BCUT2D eigenvalue weighted by atomic mass is 32.1. The van der Waals surface area contributed by atoms with E-state index in [2.05, 4.69) is 4.99 Å². The molecule has 0 bridgehead atoms. The van der Waals surface area contributed by atoms with Gasteiger partial charge in [0.05, 0.1) is 37.5 Å². The van der Waals surface area contributed by atoms with E-state index in [1.165, 1.54) is 23.5 Å². The molecule has 1 amide bonds. The number of carbonyl (C=O) groups is 1. The third-order valence-corrected chi connectivity index (χ3v) is 5.37. The molecule has 0 aliphatic rings. The first-order valence-electron chi connectivity index (χ1n) is 9.20. The standard InChI is InChI=1S/C21H23FN2O4S/c1-4-28-10-9-24-16-7-6-15(22)13-19(16)29-21(24)23-20(25)12-14-5-8-17(26-2)18(11-14)27-3/h5-8,11,13H,4,9-10,12H2,1-3H3. The number of thiazole rings is 1. The van der Waals surface area contributed by atoms with Crippen LogP contribution in [0.1, 0.15) is 12.5 Å². The number of nitrogens with zero attached hydrogens (tertiary/aromatic N) is 2. The molecule has 0 unspecified atom stereocenters. The van der Waals surface area contributed by atoms with Gasteiger partial charge in [0.2, 0.25) is 0 Å². The molecular formula is C21H23FN2O4S. The predicted octanol–water partition coefficient (Wildman–Crippen LogP) is 3.57. The van der Waals surface area contributed by atoms with E-state index < -0.39 is 0 Å². The third kappa shape index (κ3) is 5.02. The van der Waals surface area contributed by atoms with Crippen molar-refractivity contribution in [2.75, 3.05) is 27.4 Å². The Morgan fingerprint density at radius 1 is 1.14 bits per heavy atom. The van der Waals surface area contributed by atoms with E-state index in [0.717, 1.165) is 15.8 Å². The fourth-order valence-corrected chi connectivity index (χ4v) is 4.06. The van der Waals surface area contributed by atoms with E-state index in [-0.39, 0.29) is 18.1 Å². The van der Waals surface area contributed by atoms with E-state index >= 15 is 0 Å². The lowest BCUT2D eigenvalue weighted by atomic mass is 10.1. The molecule has 3 rings (SSSR count). The zero-order valence-electron chi connectivity index (χ0n) is 16.6. The van der Waals surface area contributed by atoms with Crippen LogP contribution in [0.25, 0.3) is 10.2 Å². The van der Waals surface area contributed by atoms with Crippen molar-refractivity contribution >= 4 is 27.5 Å². The summed E-state index contributed by atoms with van der Waals surface area (Å²) in [7, 11) is 3.11. The van der Waals surface area contributed by atoms with Gasteiger partial charge in [0.1, 0.15) is 5.82 Å². The van der Waals surface area contributed by atoms with Crippen LogP contribution >= 0.6 is 11.3 Å². The second-order valence-corrected chi connectivity index (χ2v) is 7.23. The van der Waals surface area contributed by atoms with Gasteiger partial charge in [-0.2, -0.15) is 4.99 Å². The van der Waals surface area contributed by atoms with E-state index in [0.29, 0.717) is 36.1 Å². The van der Waals surface area contributed by atoms with Crippen molar-refractivity contribution < 1.29 is 23.4 Å². The Balaban J connectivity index is 1.92. The van der Waals surface area contributed by atoms with Crippen molar-refractivity contribution in [3.8, 4) is 11.5 Å². The Labute approximate surface area is 172 Å². The van der Waals surface area contributed by atoms with Gasteiger partial charge in [-0.25, -0.2) is 4.39 Å². The van der Waals surface area contributed by atoms with Crippen molar-refractivity contribution in [2.45, 2.75) is 19.9 Å². The minimum absolute atomic E-state index is 0.119. The average Bonchev–Trinajstić information content (AvgIpc) is 3.03. The summed E-state index contributed by atoms with van der Waals surface area (Å²) in [5.41, 5.74) is 1.60. The maximum Gasteiger partial charge on any atom is 0.252 e. The van der Waals surface area contributed by atoms with Crippen molar-refractivity contribution in [1.29, 1.82) is 0 Å². The smallest absolute Gasteiger partial charge is 0.252 e. The summed E-state index contributed by atoms with van der Waals surface area (Å²) >= 11 is 1.28. The van der Waals surface area contributed by atoms with Crippen LogP contribution in [0.15, 0.2) is 41.4 Å². The quantitative estimate of drug-likeness (QED) is 0.525. The molecule has 0 spiro atoms. The predicted molar refractivity (Wildman–Crippen MR) is 110 cm³/mol. The Hall–Kier alpha value is -2.71. The first-order chi connectivity index (χ1) is 14.0. The summed E-state index contributed by atoms with van der Waals surface area (Å²) in [5.74, 6) is 0.538. The molecule has 0 fully saturated rings. The molecule has 0 radical (unpaired) electrons. The minimum Gasteiger partial charge on any atom is -0.493 e. The lowest BCUT2D eigenvalue weighted by Crippen LogP contribution is -2.20. The Kier molecular flexibility index (Phi) is 7.00. The maximum atomic E-state index is 13.6. The number of halogens is 1. The summed E-state index contributed by atoms with van der Waals surface area (Å²) < 4.78 is 32.2. The van der Waals surface area contributed by atoms with Crippen LogP contribution in [0.2, 0.25) is 0 Å². The number of aromatic nitrogens is 1. The second kappa shape index (κ2) is 9.67. The number of hydrogen-bond acceptors (Lipinski definition) is 5. The zero-order chi connectivity index (χ0) is 20.8. The molecule has 154 valence electrons. The maximum absolute atomic E-state index is 13.6. The van der Waals surface area contributed by atoms with Crippen LogP contribution in [-0.4, -0.2) is 37.9 Å². The molecule has 1 aromatic heterocycles. The Morgan fingerprint density at radius 3 is 2.66 bits per heavy atom. The third-order valence-electron chi connectivity index (χ3n) is 4.33. The second-order valence-electron chi connectivity index (χ2n) is 6.22. The van der Waals surface area contributed by atoms with Gasteiger partial charge in [0.15, 0.2) is 16.3 Å². The molecule has 0 saturated carbocycles. The van der Waals surface area contributed by atoms with Crippen molar-refractivity contribution in [2.24, 2.45) is 4.99 Å². The Morgan fingerprint density at radius 2 is 1.93 bits per heavy atom. The number of amides is 1. The van der Waals surface area contributed by atoms with Gasteiger partial charge in [-0.1, -0.05) is 17.4 Å². The number of carbonyl (C=O) groups excluding carboxylic acids is 1. The van der Waals surface area contributed by atoms with Crippen LogP contribution in [-0.2, 0) is 22.5 Å². The SMILES string of the molecule is CCOCCn1c(=NC(=O)Cc2ccc(OC)c(OC)c2)sc2cc(F)ccc21. The molecule has 1 heterocycles. The summed E-state index contributed by atoms with van der Waals surface area (Å²) in [6.45, 7) is 3.53. The first kappa shape index (κ1) is 21.0. The van der Waals surface area contributed by atoms with Crippen LogP contribution in [0.4, 0.5) is 4.39 Å². The molecule has 3 aromatic rings. The topological polar surface area (TPSA) is 62.1 Å². The molecule has 2 aromatic carbocycles. The van der Waals surface area contributed by atoms with E-state index in [9.17, 15) is 9.18 Å². The Bertz CT molecular complexity index is 1070.